The van der Waals surface area contributed by atoms with Gasteiger partial charge in [0.2, 0.25) is 10.0 Å². The molecule has 6 nitrogen and oxygen atoms in total. The van der Waals surface area contributed by atoms with E-state index in [1.165, 1.54) is 19.2 Å². The molecule has 0 fully saturated rings. The molecule has 21 heavy (non-hydrogen) atoms. The lowest BCUT2D eigenvalue weighted by Crippen LogP contribution is -2.46. The first kappa shape index (κ1) is 17.6. The number of nitrogens with two attached hydrogens (primary N) is 1. The van der Waals surface area contributed by atoms with E-state index in [0.717, 1.165) is 0 Å². The van der Waals surface area contributed by atoms with Crippen LogP contribution in [-0.2, 0) is 19.6 Å². The van der Waals surface area contributed by atoms with Gasteiger partial charge in [0.25, 0.3) is 5.91 Å². The highest BCUT2D eigenvalue weighted by Gasteiger charge is 2.31. The smallest absolute Gasteiger partial charge is 0.252 e. The lowest BCUT2D eigenvalue weighted by molar-refractivity contribution is -0.142. The van der Waals surface area contributed by atoms with Crippen LogP contribution in [0.3, 0.4) is 0 Å². The average Bonchev–Trinajstić information content (AvgIpc) is 2.45. The zero-order valence-electron chi connectivity index (χ0n) is 12.7. The zero-order chi connectivity index (χ0) is 16.3. The number of benzene rings is 1. The molecule has 0 radical (unpaired) electrons. The number of rotatable bonds is 6. The largest absolute Gasteiger partial charge is 0.369 e. The minimum atomic E-state index is -3.76. The van der Waals surface area contributed by atoms with Crippen LogP contribution in [0, 0.1) is 0 Å². The Hall–Kier alpha value is -1.44. The number of hydrogen-bond donors (Lipinski definition) is 2. The van der Waals surface area contributed by atoms with Crippen LogP contribution < -0.4 is 10.5 Å². The molecule has 0 aliphatic carbocycles. The summed E-state index contributed by atoms with van der Waals surface area (Å²) in [6, 6.07) is 5.83. The Bertz CT molecular complexity index is 609. The number of primary sulfonamides is 1. The van der Waals surface area contributed by atoms with E-state index in [-0.39, 0.29) is 16.8 Å². The van der Waals surface area contributed by atoms with Gasteiger partial charge in [-0.1, -0.05) is 19.1 Å². The van der Waals surface area contributed by atoms with Gasteiger partial charge in [0.15, 0.2) is 0 Å². The number of nitrogens with one attached hydrogen (secondary N) is 1. The topological polar surface area (TPSA) is 98.5 Å². The molecule has 0 bridgehead atoms. The number of methoxy groups -OCH3 is 1. The molecule has 0 aliphatic heterocycles. The van der Waals surface area contributed by atoms with E-state index in [0.29, 0.717) is 12.0 Å². The summed E-state index contributed by atoms with van der Waals surface area (Å²) in [4.78, 5) is 12.2. The van der Waals surface area contributed by atoms with Gasteiger partial charge in [-0.25, -0.2) is 13.6 Å². The van der Waals surface area contributed by atoms with Crippen LogP contribution in [0.25, 0.3) is 0 Å². The summed E-state index contributed by atoms with van der Waals surface area (Å²) in [7, 11) is -2.28. The van der Waals surface area contributed by atoms with Crippen molar-refractivity contribution in [2.24, 2.45) is 5.14 Å². The van der Waals surface area contributed by atoms with Crippen molar-refractivity contribution < 1.29 is 17.9 Å². The Morgan fingerprint density at radius 3 is 2.57 bits per heavy atom. The van der Waals surface area contributed by atoms with E-state index in [4.69, 9.17) is 9.88 Å². The Balaban J connectivity index is 2.95. The minimum absolute atomic E-state index is 0.0195. The number of hydrogen-bond acceptors (Lipinski definition) is 4. The van der Waals surface area contributed by atoms with Gasteiger partial charge in [0.05, 0.1) is 10.9 Å². The molecule has 1 aromatic rings. The van der Waals surface area contributed by atoms with Crippen molar-refractivity contribution >= 4 is 15.9 Å². The lowest BCUT2D eigenvalue weighted by atomic mass is 10.0. The summed E-state index contributed by atoms with van der Waals surface area (Å²) in [6.45, 7) is 5.33. The lowest BCUT2D eigenvalue weighted by Gasteiger charge is -2.27. The van der Waals surface area contributed by atoms with Gasteiger partial charge in [-0.2, -0.15) is 0 Å². The summed E-state index contributed by atoms with van der Waals surface area (Å²) in [5.74, 6) is -0.249. The average molecular weight is 314 g/mol. The second-order valence-corrected chi connectivity index (χ2v) is 6.66. The molecule has 118 valence electrons. The molecular weight excluding hydrogens is 292 g/mol. The fraction of sp³-hybridized carbons (Fsp3) is 0.500. The Morgan fingerprint density at radius 1 is 1.48 bits per heavy atom. The monoisotopic (exact) mass is 314 g/mol. The molecule has 3 N–H and O–H groups in total. The fourth-order valence-corrected chi connectivity index (χ4v) is 2.36. The van der Waals surface area contributed by atoms with Gasteiger partial charge >= 0.3 is 0 Å². The summed E-state index contributed by atoms with van der Waals surface area (Å²) in [5, 5.41) is 7.92. The molecule has 0 aromatic heterocycles. The Kier molecular flexibility index (Phi) is 5.49. The number of carbonyl (C=O) groups is 1. The minimum Gasteiger partial charge on any atom is -0.369 e. The van der Waals surface area contributed by atoms with E-state index in [2.05, 4.69) is 5.32 Å². The van der Waals surface area contributed by atoms with Crippen molar-refractivity contribution in [2.45, 2.75) is 43.7 Å². The number of carbonyl (C=O) groups excluding carboxylic acids is 1. The molecule has 7 heteroatoms. The van der Waals surface area contributed by atoms with Crippen LogP contribution in [-0.4, -0.2) is 27.0 Å². The van der Waals surface area contributed by atoms with E-state index in [1.54, 1.807) is 26.0 Å². The van der Waals surface area contributed by atoms with Crippen LogP contribution in [0.2, 0.25) is 0 Å². The van der Waals surface area contributed by atoms with Crippen LogP contribution in [0.1, 0.15) is 38.8 Å². The summed E-state index contributed by atoms with van der Waals surface area (Å²) in [6.07, 6.45) is 0.527. The first-order valence-electron chi connectivity index (χ1n) is 6.63. The van der Waals surface area contributed by atoms with Crippen LogP contribution in [0.4, 0.5) is 0 Å². The van der Waals surface area contributed by atoms with Gasteiger partial charge in [0, 0.05) is 7.11 Å². The third-order valence-electron chi connectivity index (χ3n) is 3.64. The van der Waals surface area contributed by atoms with Gasteiger partial charge in [-0.05, 0) is 38.0 Å². The quantitative estimate of drug-likeness (QED) is 0.827. The van der Waals surface area contributed by atoms with Crippen molar-refractivity contribution in [3.63, 3.8) is 0 Å². The highest BCUT2D eigenvalue weighted by molar-refractivity contribution is 7.89. The third kappa shape index (κ3) is 4.26. The molecule has 0 saturated carbocycles. The van der Waals surface area contributed by atoms with Crippen molar-refractivity contribution in [1.29, 1.82) is 0 Å². The standard InChI is InChI=1S/C14H22N2O4S/c1-5-14(3,20-4)13(17)16-10(2)11-7-6-8-12(9-11)21(15,18)19/h6-10H,5H2,1-4H3,(H,16,17)(H2,15,18,19). The van der Waals surface area contributed by atoms with Crippen molar-refractivity contribution in [3.05, 3.63) is 29.8 Å². The first-order valence-corrected chi connectivity index (χ1v) is 8.17. The first-order chi connectivity index (χ1) is 9.64. The molecule has 0 saturated heterocycles. The van der Waals surface area contributed by atoms with Gasteiger partial charge in [0.1, 0.15) is 5.60 Å². The van der Waals surface area contributed by atoms with Gasteiger partial charge in [-0.15, -0.1) is 0 Å². The molecule has 1 aromatic carbocycles. The van der Waals surface area contributed by atoms with Crippen molar-refractivity contribution in [3.8, 4) is 0 Å². The third-order valence-corrected chi connectivity index (χ3v) is 4.55. The van der Waals surface area contributed by atoms with Gasteiger partial charge < -0.3 is 10.1 Å². The number of amides is 1. The van der Waals surface area contributed by atoms with E-state index in [1.807, 2.05) is 6.92 Å². The predicted molar refractivity (Wildman–Crippen MR) is 80.1 cm³/mol. The van der Waals surface area contributed by atoms with Crippen LogP contribution in [0.5, 0.6) is 0 Å². The Morgan fingerprint density at radius 2 is 2.10 bits per heavy atom. The van der Waals surface area contributed by atoms with E-state index in [9.17, 15) is 13.2 Å². The second kappa shape index (κ2) is 6.55. The highest BCUT2D eigenvalue weighted by Crippen LogP contribution is 2.20. The zero-order valence-corrected chi connectivity index (χ0v) is 13.5. The molecule has 2 unspecified atom stereocenters. The summed E-state index contributed by atoms with van der Waals surface area (Å²) < 4.78 is 27.9. The molecule has 2 atom stereocenters. The molecule has 1 amide bonds. The molecular formula is C14H22N2O4S. The molecule has 0 heterocycles. The Labute approximate surface area is 125 Å². The highest BCUT2D eigenvalue weighted by atomic mass is 32.2. The fourth-order valence-electron chi connectivity index (χ4n) is 1.79. The van der Waals surface area contributed by atoms with E-state index >= 15 is 0 Å². The van der Waals surface area contributed by atoms with Crippen molar-refractivity contribution in [2.75, 3.05) is 7.11 Å². The number of ether oxygens (including phenoxy) is 1. The predicted octanol–water partition coefficient (Wildman–Crippen LogP) is 1.33. The molecule has 0 aliphatic rings. The molecule has 1 rings (SSSR count). The van der Waals surface area contributed by atoms with Crippen molar-refractivity contribution in [1.82, 2.24) is 5.32 Å². The maximum Gasteiger partial charge on any atom is 0.252 e. The molecule has 0 spiro atoms. The normalized spacial score (nSPS) is 16.0. The SMILES string of the molecule is CCC(C)(OC)C(=O)NC(C)c1cccc(S(N)(=O)=O)c1. The van der Waals surface area contributed by atoms with Crippen LogP contribution >= 0.6 is 0 Å². The van der Waals surface area contributed by atoms with Crippen LogP contribution in [0.15, 0.2) is 29.2 Å². The summed E-state index contributed by atoms with van der Waals surface area (Å²) >= 11 is 0. The number of sulfonamides is 1. The van der Waals surface area contributed by atoms with E-state index < -0.39 is 15.6 Å². The summed E-state index contributed by atoms with van der Waals surface area (Å²) in [5.41, 5.74) is -0.254. The maximum atomic E-state index is 12.2. The maximum absolute atomic E-state index is 12.2. The second-order valence-electron chi connectivity index (χ2n) is 5.10. The van der Waals surface area contributed by atoms with Gasteiger partial charge in [-0.3, -0.25) is 4.79 Å².